The van der Waals surface area contributed by atoms with Crippen LogP contribution in [0.4, 0.5) is 5.82 Å². The van der Waals surface area contributed by atoms with Crippen LogP contribution in [0.25, 0.3) is 0 Å². The molecule has 0 aliphatic heterocycles. The molecule has 0 saturated carbocycles. The molecule has 2 N–H and O–H groups in total. The lowest BCUT2D eigenvalue weighted by molar-refractivity contribution is -0.142. The molecule has 0 aliphatic rings. The predicted octanol–water partition coefficient (Wildman–Crippen LogP) is 5.10. The molecule has 3 aromatic rings. The molecule has 35 heavy (non-hydrogen) atoms. The Balaban J connectivity index is 1.87. The molecule has 1 aromatic carbocycles. The molecule has 0 saturated heterocycles. The van der Waals surface area contributed by atoms with E-state index in [0.717, 1.165) is 4.88 Å². The fraction of sp³-hybridized carbons (Fsp3) is 0.360. The second-order valence-corrected chi connectivity index (χ2v) is 10.6. The number of aryl methyl sites for hydroxylation is 1. The monoisotopic (exact) mass is 516 g/mol. The minimum atomic E-state index is -0.973. The molecule has 0 fully saturated rings. The molecular formula is C25H29ClN4O4S. The van der Waals surface area contributed by atoms with E-state index >= 15 is 0 Å². The van der Waals surface area contributed by atoms with Gasteiger partial charge >= 0.3 is 0 Å². The minimum Gasteiger partial charge on any atom is -0.360 e. The van der Waals surface area contributed by atoms with Crippen LogP contribution >= 0.6 is 22.9 Å². The molecule has 2 heterocycles. The lowest BCUT2D eigenvalue weighted by atomic mass is 10.0. The van der Waals surface area contributed by atoms with E-state index in [0.29, 0.717) is 16.3 Å². The first-order valence-corrected chi connectivity index (χ1v) is 12.4. The number of thiophene rings is 1. The molecule has 2 aromatic heterocycles. The van der Waals surface area contributed by atoms with Crippen molar-refractivity contribution < 1.29 is 18.9 Å². The first-order valence-electron chi connectivity index (χ1n) is 11.1. The van der Waals surface area contributed by atoms with Crippen molar-refractivity contribution >= 4 is 46.5 Å². The molecule has 10 heteroatoms. The van der Waals surface area contributed by atoms with Crippen LogP contribution in [0.2, 0.25) is 5.02 Å². The fourth-order valence-electron chi connectivity index (χ4n) is 3.47. The zero-order chi connectivity index (χ0) is 25.6. The summed E-state index contributed by atoms with van der Waals surface area (Å²) in [4.78, 5) is 41.8. The SMILES string of the molecule is Cc1cc(NC(=O)CCC(=O)N(Cc2cccs2)[C@@H](C(=O)NC(C)(C)C)c2ccccc2Cl)no1. The van der Waals surface area contributed by atoms with Crippen LogP contribution in [0.1, 0.15) is 55.9 Å². The average molecular weight is 517 g/mol. The topological polar surface area (TPSA) is 105 Å². The van der Waals surface area contributed by atoms with Gasteiger partial charge in [-0.3, -0.25) is 14.4 Å². The van der Waals surface area contributed by atoms with Gasteiger partial charge in [0.2, 0.25) is 17.7 Å². The van der Waals surface area contributed by atoms with Crippen LogP contribution in [0.3, 0.4) is 0 Å². The highest BCUT2D eigenvalue weighted by molar-refractivity contribution is 7.09. The summed E-state index contributed by atoms with van der Waals surface area (Å²) in [7, 11) is 0. The van der Waals surface area contributed by atoms with Crippen LogP contribution in [0, 0.1) is 6.92 Å². The van der Waals surface area contributed by atoms with Gasteiger partial charge in [0.1, 0.15) is 11.8 Å². The van der Waals surface area contributed by atoms with Gasteiger partial charge in [0.05, 0.1) is 6.54 Å². The van der Waals surface area contributed by atoms with Gasteiger partial charge in [-0.15, -0.1) is 11.3 Å². The Morgan fingerprint density at radius 2 is 1.89 bits per heavy atom. The average Bonchev–Trinajstić information content (AvgIpc) is 3.43. The van der Waals surface area contributed by atoms with E-state index in [4.69, 9.17) is 16.1 Å². The number of hydrogen-bond acceptors (Lipinski definition) is 6. The minimum absolute atomic E-state index is 0.0815. The maximum Gasteiger partial charge on any atom is 0.247 e. The molecule has 0 radical (unpaired) electrons. The van der Waals surface area contributed by atoms with Crippen molar-refractivity contribution in [3.63, 3.8) is 0 Å². The number of anilines is 1. The van der Waals surface area contributed by atoms with Gasteiger partial charge < -0.3 is 20.1 Å². The summed E-state index contributed by atoms with van der Waals surface area (Å²) in [6, 6.07) is 11.4. The van der Waals surface area contributed by atoms with Crippen LogP contribution in [0.15, 0.2) is 52.4 Å². The first kappa shape index (κ1) is 26.4. The highest BCUT2D eigenvalue weighted by atomic mass is 35.5. The zero-order valence-electron chi connectivity index (χ0n) is 20.1. The number of hydrogen-bond donors (Lipinski definition) is 2. The number of carbonyl (C=O) groups excluding carboxylic acids is 3. The third kappa shape index (κ3) is 7.66. The third-order valence-electron chi connectivity index (χ3n) is 4.95. The fourth-order valence-corrected chi connectivity index (χ4v) is 4.42. The third-order valence-corrected chi connectivity index (χ3v) is 6.15. The number of carbonyl (C=O) groups is 3. The van der Waals surface area contributed by atoms with E-state index in [1.54, 1.807) is 37.3 Å². The highest BCUT2D eigenvalue weighted by Crippen LogP contribution is 2.31. The van der Waals surface area contributed by atoms with E-state index in [2.05, 4.69) is 15.8 Å². The zero-order valence-corrected chi connectivity index (χ0v) is 21.7. The second-order valence-electron chi connectivity index (χ2n) is 9.14. The van der Waals surface area contributed by atoms with Gasteiger partial charge in [-0.1, -0.05) is 41.0 Å². The second kappa shape index (κ2) is 11.5. The van der Waals surface area contributed by atoms with Crippen molar-refractivity contribution in [2.24, 2.45) is 0 Å². The van der Waals surface area contributed by atoms with E-state index in [-0.39, 0.29) is 42.9 Å². The maximum atomic E-state index is 13.5. The number of amides is 3. The number of rotatable bonds is 9. The van der Waals surface area contributed by atoms with Crippen molar-refractivity contribution in [3.8, 4) is 0 Å². The van der Waals surface area contributed by atoms with Gasteiger partial charge in [-0.2, -0.15) is 0 Å². The molecule has 0 bridgehead atoms. The largest absolute Gasteiger partial charge is 0.360 e. The van der Waals surface area contributed by atoms with Gasteiger partial charge in [0.25, 0.3) is 0 Å². The molecule has 0 unspecified atom stereocenters. The first-order chi connectivity index (χ1) is 16.5. The molecule has 3 amide bonds. The quantitative estimate of drug-likeness (QED) is 0.411. The lowest BCUT2D eigenvalue weighted by Crippen LogP contribution is -2.49. The Hall–Kier alpha value is -3.17. The van der Waals surface area contributed by atoms with Crippen molar-refractivity contribution in [1.82, 2.24) is 15.4 Å². The number of nitrogens with zero attached hydrogens (tertiary/aromatic N) is 2. The number of halogens is 1. The van der Waals surface area contributed by atoms with Gasteiger partial charge in [0.15, 0.2) is 5.82 Å². The van der Waals surface area contributed by atoms with Crippen molar-refractivity contribution in [1.29, 1.82) is 0 Å². The van der Waals surface area contributed by atoms with Crippen LogP contribution in [0.5, 0.6) is 0 Å². The summed E-state index contributed by atoms with van der Waals surface area (Å²) in [6.45, 7) is 7.53. The predicted molar refractivity (Wildman–Crippen MR) is 136 cm³/mol. The smallest absolute Gasteiger partial charge is 0.247 e. The summed E-state index contributed by atoms with van der Waals surface area (Å²) in [5.41, 5.74) is -0.00697. The summed E-state index contributed by atoms with van der Waals surface area (Å²) >= 11 is 7.97. The normalized spacial score (nSPS) is 12.1. The summed E-state index contributed by atoms with van der Waals surface area (Å²) in [5, 5.41) is 11.6. The van der Waals surface area contributed by atoms with Gasteiger partial charge in [-0.05, 0) is 45.2 Å². The van der Waals surface area contributed by atoms with Gasteiger partial charge in [0, 0.05) is 39.9 Å². The Kier molecular flexibility index (Phi) is 8.69. The molecule has 8 nitrogen and oxygen atoms in total. The molecule has 186 valence electrons. The van der Waals surface area contributed by atoms with Crippen LogP contribution in [-0.2, 0) is 20.9 Å². The van der Waals surface area contributed by atoms with E-state index in [1.165, 1.54) is 16.2 Å². The molecule has 0 aliphatic carbocycles. The Labute approximate surface area is 213 Å². The Morgan fingerprint density at radius 1 is 1.14 bits per heavy atom. The molecule has 3 rings (SSSR count). The van der Waals surface area contributed by atoms with Gasteiger partial charge in [-0.25, -0.2) is 0 Å². The van der Waals surface area contributed by atoms with Crippen molar-refractivity contribution in [2.75, 3.05) is 5.32 Å². The van der Waals surface area contributed by atoms with Crippen LogP contribution in [-0.4, -0.2) is 33.3 Å². The summed E-state index contributed by atoms with van der Waals surface area (Å²) < 4.78 is 4.95. The molecule has 0 spiro atoms. The van der Waals surface area contributed by atoms with Crippen molar-refractivity contribution in [2.45, 2.75) is 58.7 Å². The summed E-state index contributed by atoms with van der Waals surface area (Å²) in [6.07, 6.45) is -0.181. The highest BCUT2D eigenvalue weighted by Gasteiger charge is 2.34. The maximum absolute atomic E-state index is 13.5. The van der Waals surface area contributed by atoms with E-state index in [9.17, 15) is 14.4 Å². The van der Waals surface area contributed by atoms with E-state index < -0.39 is 11.6 Å². The number of benzene rings is 1. The molecular weight excluding hydrogens is 488 g/mol. The lowest BCUT2D eigenvalue weighted by Gasteiger charge is -2.34. The standard InChI is InChI=1S/C25H29ClN4O4S/c1-16-14-20(29-34-16)27-21(31)11-12-22(32)30(15-17-8-7-13-35-17)23(24(33)28-25(2,3)4)18-9-5-6-10-19(18)26/h5-10,13-14,23H,11-12,15H2,1-4H3,(H,28,33)(H,27,29,31)/t23-/m1/s1. The summed E-state index contributed by atoms with van der Waals surface area (Å²) in [5.74, 6) is -0.229. The number of nitrogens with one attached hydrogen (secondary N) is 2. The molecule has 1 atom stereocenters. The Morgan fingerprint density at radius 3 is 2.49 bits per heavy atom. The van der Waals surface area contributed by atoms with E-state index in [1.807, 2.05) is 38.3 Å². The Bertz CT molecular complexity index is 1170. The number of aromatic nitrogens is 1. The van der Waals surface area contributed by atoms with Crippen molar-refractivity contribution in [3.05, 3.63) is 69.1 Å². The van der Waals surface area contributed by atoms with Crippen LogP contribution < -0.4 is 10.6 Å².